The van der Waals surface area contributed by atoms with Crippen molar-refractivity contribution in [1.29, 1.82) is 0 Å². The number of aromatic amines is 1. The predicted molar refractivity (Wildman–Crippen MR) is 113 cm³/mol. The number of amides is 1. The smallest absolute Gasteiger partial charge is 0.222 e. The normalized spacial score (nSPS) is 14.9. The van der Waals surface area contributed by atoms with Crippen LogP contribution in [0.3, 0.4) is 0 Å². The van der Waals surface area contributed by atoms with Crippen LogP contribution < -0.4 is 9.47 Å². The molecule has 0 aliphatic carbocycles. The number of hydrogen-bond acceptors (Lipinski definition) is 4. The zero-order valence-electron chi connectivity index (χ0n) is 17.0. The van der Waals surface area contributed by atoms with Gasteiger partial charge in [0.1, 0.15) is 17.3 Å². The predicted octanol–water partition coefficient (Wildman–Crippen LogP) is 3.92. The number of likely N-dealkylation sites (tertiary alicyclic amines) is 1. The molecular formula is C23H27N3O3. The van der Waals surface area contributed by atoms with Crippen LogP contribution in [-0.2, 0) is 11.2 Å². The van der Waals surface area contributed by atoms with Gasteiger partial charge in [0.15, 0.2) is 0 Å². The number of methoxy groups -OCH3 is 2. The molecule has 0 spiro atoms. The van der Waals surface area contributed by atoms with Gasteiger partial charge in [0.2, 0.25) is 5.91 Å². The van der Waals surface area contributed by atoms with Crippen molar-refractivity contribution in [2.45, 2.75) is 31.6 Å². The first-order valence-corrected chi connectivity index (χ1v) is 10.1. The summed E-state index contributed by atoms with van der Waals surface area (Å²) in [6.07, 6.45) is 2.99. The van der Waals surface area contributed by atoms with Crippen LogP contribution >= 0.6 is 0 Å². The van der Waals surface area contributed by atoms with Crippen molar-refractivity contribution in [3.05, 3.63) is 53.9 Å². The van der Waals surface area contributed by atoms with Crippen LogP contribution in [0.15, 0.2) is 42.5 Å². The number of carbonyl (C=O) groups is 1. The van der Waals surface area contributed by atoms with Crippen molar-refractivity contribution in [1.82, 2.24) is 14.9 Å². The minimum Gasteiger partial charge on any atom is -0.497 e. The van der Waals surface area contributed by atoms with Gasteiger partial charge in [0.05, 0.1) is 25.3 Å². The highest BCUT2D eigenvalue weighted by Gasteiger charge is 2.25. The molecule has 3 aromatic rings. The Kier molecular flexibility index (Phi) is 5.69. The third kappa shape index (κ3) is 4.21. The molecule has 6 nitrogen and oxygen atoms in total. The van der Waals surface area contributed by atoms with Crippen molar-refractivity contribution in [3.8, 4) is 11.5 Å². The Labute approximate surface area is 170 Å². The summed E-state index contributed by atoms with van der Waals surface area (Å²) < 4.78 is 10.7. The quantitative estimate of drug-likeness (QED) is 0.689. The molecule has 1 N–H and O–H groups in total. The first-order chi connectivity index (χ1) is 14.2. The number of fused-ring (bicyclic) bond motifs is 1. The molecule has 1 aliphatic heterocycles. The summed E-state index contributed by atoms with van der Waals surface area (Å²) in [7, 11) is 3.29. The molecule has 0 atom stereocenters. The number of ether oxygens (including phenoxy) is 2. The van der Waals surface area contributed by atoms with Crippen molar-refractivity contribution >= 4 is 16.9 Å². The van der Waals surface area contributed by atoms with E-state index >= 15 is 0 Å². The molecule has 1 amide bonds. The number of para-hydroxylation sites is 2. The first kappa shape index (κ1) is 19.3. The topological polar surface area (TPSA) is 67.5 Å². The number of rotatable bonds is 6. The summed E-state index contributed by atoms with van der Waals surface area (Å²) in [4.78, 5) is 22.9. The van der Waals surface area contributed by atoms with Crippen molar-refractivity contribution in [2.75, 3.05) is 27.3 Å². The Morgan fingerprint density at radius 1 is 1.14 bits per heavy atom. The molecule has 0 unspecified atom stereocenters. The molecule has 6 heteroatoms. The van der Waals surface area contributed by atoms with Gasteiger partial charge in [-0.3, -0.25) is 4.79 Å². The number of H-pyrrole nitrogens is 1. The first-order valence-electron chi connectivity index (χ1n) is 10.1. The maximum atomic E-state index is 12.7. The fourth-order valence-electron chi connectivity index (χ4n) is 4.05. The highest BCUT2D eigenvalue weighted by Crippen LogP contribution is 2.29. The van der Waals surface area contributed by atoms with Crippen LogP contribution in [-0.4, -0.2) is 48.1 Å². The molecule has 152 valence electrons. The number of aromatic nitrogens is 2. The van der Waals surface area contributed by atoms with Crippen molar-refractivity contribution in [3.63, 3.8) is 0 Å². The Morgan fingerprint density at radius 3 is 2.66 bits per heavy atom. The summed E-state index contributed by atoms with van der Waals surface area (Å²) in [5, 5.41) is 0. The Hall–Kier alpha value is -3.02. The molecular weight excluding hydrogens is 366 g/mol. The highest BCUT2D eigenvalue weighted by atomic mass is 16.5. The summed E-state index contributed by atoms with van der Waals surface area (Å²) in [6, 6.07) is 13.8. The Balaban J connectivity index is 1.33. The number of piperidine rings is 1. The lowest BCUT2D eigenvalue weighted by molar-refractivity contribution is -0.132. The van der Waals surface area contributed by atoms with Gasteiger partial charge in [0.25, 0.3) is 0 Å². The molecule has 0 bridgehead atoms. The van der Waals surface area contributed by atoms with E-state index in [4.69, 9.17) is 14.5 Å². The molecule has 1 saturated heterocycles. The number of nitrogens with zero attached hydrogens (tertiary/aromatic N) is 2. The molecule has 29 heavy (non-hydrogen) atoms. The van der Waals surface area contributed by atoms with Gasteiger partial charge in [-0.05, 0) is 55.2 Å². The zero-order chi connectivity index (χ0) is 20.2. The standard InChI is InChI=1S/C23H27N3O3/c1-28-18-8-9-21(29-2)17(15-18)7-10-22(27)26-13-11-16(12-14-26)23-24-19-5-3-4-6-20(19)25-23/h3-6,8-9,15-16H,7,10-14H2,1-2H3,(H,24,25). The molecule has 2 heterocycles. The van der Waals surface area contributed by atoms with Gasteiger partial charge < -0.3 is 19.4 Å². The second kappa shape index (κ2) is 8.55. The van der Waals surface area contributed by atoms with Gasteiger partial charge in [-0.15, -0.1) is 0 Å². The zero-order valence-corrected chi connectivity index (χ0v) is 17.0. The minimum atomic E-state index is 0.193. The van der Waals surface area contributed by atoms with Gasteiger partial charge in [-0.2, -0.15) is 0 Å². The van der Waals surface area contributed by atoms with Crippen molar-refractivity contribution < 1.29 is 14.3 Å². The van der Waals surface area contributed by atoms with Crippen LogP contribution in [0.4, 0.5) is 0 Å². The molecule has 0 radical (unpaired) electrons. The second-order valence-electron chi connectivity index (χ2n) is 7.47. The lowest BCUT2D eigenvalue weighted by atomic mass is 9.95. The average molecular weight is 393 g/mol. The largest absolute Gasteiger partial charge is 0.497 e. The summed E-state index contributed by atoms with van der Waals surface area (Å²) in [6.45, 7) is 1.55. The molecule has 0 saturated carbocycles. The number of nitrogens with one attached hydrogen (secondary N) is 1. The molecule has 1 aliphatic rings. The summed E-state index contributed by atoms with van der Waals surface area (Å²) >= 11 is 0. The van der Waals surface area contributed by atoms with E-state index in [-0.39, 0.29) is 5.91 Å². The van der Waals surface area contributed by atoms with Crippen molar-refractivity contribution in [2.24, 2.45) is 0 Å². The van der Waals surface area contributed by atoms with E-state index in [1.54, 1.807) is 14.2 Å². The SMILES string of the molecule is COc1ccc(OC)c(CCC(=O)N2CCC(c3nc4ccccc4[nH]3)CC2)c1. The number of benzene rings is 2. The number of carbonyl (C=O) groups excluding carboxylic acids is 1. The van der Waals surface area contributed by atoms with Gasteiger partial charge in [0, 0.05) is 25.4 Å². The van der Waals surface area contributed by atoms with Crippen LogP contribution in [0.25, 0.3) is 11.0 Å². The Bertz CT molecular complexity index is 957. The van der Waals surface area contributed by atoms with E-state index in [1.807, 2.05) is 41.3 Å². The maximum absolute atomic E-state index is 12.7. The number of aryl methyl sites for hydroxylation is 1. The Morgan fingerprint density at radius 2 is 1.93 bits per heavy atom. The maximum Gasteiger partial charge on any atom is 0.222 e. The fraction of sp³-hybridized carbons (Fsp3) is 0.391. The van der Waals surface area contributed by atoms with Crippen LogP contribution in [0.1, 0.15) is 36.6 Å². The minimum absolute atomic E-state index is 0.193. The van der Waals surface area contributed by atoms with Crippen LogP contribution in [0, 0.1) is 0 Å². The summed E-state index contributed by atoms with van der Waals surface area (Å²) in [5.74, 6) is 3.18. The number of imidazole rings is 1. The van der Waals surface area contributed by atoms with E-state index in [1.165, 1.54) is 0 Å². The van der Waals surface area contributed by atoms with E-state index in [0.29, 0.717) is 18.8 Å². The van der Waals surface area contributed by atoms with E-state index in [9.17, 15) is 4.79 Å². The fourth-order valence-corrected chi connectivity index (χ4v) is 4.05. The highest BCUT2D eigenvalue weighted by molar-refractivity contribution is 5.77. The third-order valence-electron chi connectivity index (χ3n) is 5.74. The monoisotopic (exact) mass is 393 g/mol. The van der Waals surface area contributed by atoms with Crippen LogP contribution in [0.5, 0.6) is 11.5 Å². The second-order valence-corrected chi connectivity index (χ2v) is 7.47. The van der Waals surface area contributed by atoms with E-state index < -0.39 is 0 Å². The van der Waals surface area contributed by atoms with Gasteiger partial charge in [-0.1, -0.05) is 12.1 Å². The summed E-state index contributed by atoms with van der Waals surface area (Å²) in [5.41, 5.74) is 3.08. The molecule has 2 aromatic carbocycles. The van der Waals surface area contributed by atoms with E-state index in [2.05, 4.69) is 11.1 Å². The van der Waals surface area contributed by atoms with E-state index in [0.717, 1.165) is 59.9 Å². The third-order valence-corrected chi connectivity index (χ3v) is 5.74. The number of hydrogen-bond donors (Lipinski definition) is 1. The molecule has 1 aromatic heterocycles. The van der Waals surface area contributed by atoms with Gasteiger partial charge in [-0.25, -0.2) is 4.98 Å². The lowest BCUT2D eigenvalue weighted by Crippen LogP contribution is -2.38. The molecule has 4 rings (SSSR count). The molecule has 1 fully saturated rings. The van der Waals surface area contributed by atoms with Crippen LogP contribution in [0.2, 0.25) is 0 Å². The average Bonchev–Trinajstić information content (AvgIpc) is 3.21. The lowest BCUT2D eigenvalue weighted by Gasteiger charge is -2.31. The van der Waals surface area contributed by atoms with Gasteiger partial charge >= 0.3 is 0 Å².